The van der Waals surface area contributed by atoms with Crippen LogP contribution in [0.5, 0.6) is 11.5 Å². The lowest BCUT2D eigenvalue weighted by atomic mass is 9.96. The first-order chi connectivity index (χ1) is 13.9. The molecule has 0 aliphatic heterocycles. The summed E-state index contributed by atoms with van der Waals surface area (Å²) in [5.41, 5.74) is 4.26. The van der Waals surface area contributed by atoms with Gasteiger partial charge in [0.25, 0.3) is 0 Å². The maximum Gasteiger partial charge on any atom is 0.426 e. The van der Waals surface area contributed by atoms with Crippen LogP contribution >= 0.6 is 0 Å². The highest BCUT2D eigenvalue weighted by Crippen LogP contribution is 2.38. The Bertz CT molecular complexity index is 936. The van der Waals surface area contributed by atoms with Gasteiger partial charge in [0.15, 0.2) is 5.75 Å². The summed E-state index contributed by atoms with van der Waals surface area (Å²) in [7, 11) is 1.47. The van der Waals surface area contributed by atoms with E-state index in [1.54, 1.807) is 18.2 Å². The second kappa shape index (κ2) is 10.1. The molecule has 0 fully saturated rings. The third-order valence-corrected chi connectivity index (χ3v) is 4.18. The lowest BCUT2D eigenvalue weighted by Gasteiger charge is -2.18. The van der Waals surface area contributed by atoms with Crippen LogP contribution in [0.1, 0.15) is 40.4 Å². The lowest BCUT2D eigenvalue weighted by molar-refractivity contribution is 0.0693. The summed E-state index contributed by atoms with van der Waals surface area (Å²) >= 11 is 0. The molecule has 1 amide bonds. The Kier molecular flexibility index (Phi) is 7.56. The Morgan fingerprint density at radius 1 is 1.24 bits per heavy atom. The molecule has 0 radical (unpaired) electrons. The van der Waals surface area contributed by atoms with Crippen molar-refractivity contribution in [1.82, 2.24) is 5.43 Å². The van der Waals surface area contributed by atoms with Gasteiger partial charge in [0, 0.05) is 5.56 Å². The highest BCUT2D eigenvalue weighted by molar-refractivity contribution is 5.98. The van der Waals surface area contributed by atoms with Gasteiger partial charge in [-0.15, -0.1) is 6.58 Å². The van der Waals surface area contributed by atoms with E-state index in [-0.39, 0.29) is 11.3 Å². The Hall–Kier alpha value is -3.58. The molecule has 0 saturated carbocycles. The van der Waals surface area contributed by atoms with E-state index in [1.165, 1.54) is 7.11 Å². The predicted octanol–water partition coefficient (Wildman–Crippen LogP) is 4.03. The van der Waals surface area contributed by atoms with Gasteiger partial charge in [-0.3, -0.25) is 5.43 Å². The molecule has 0 atom stereocenters. The van der Waals surface area contributed by atoms with Crippen LogP contribution in [0.15, 0.2) is 48.6 Å². The van der Waals surface area contributed by atoms with E-state index < -0.39 is 12.1 Å². The number of aromatic carboxylic acids is 1. The van der Waals surface area contributed by atoms with Gasteiger partial charge in [0.1, 0.15) is 11.3 Å². The molecule has 0 saturated heterocycles. The van der Waals surface area contributed by atoms with Crippen LogP contribution in [-0.4, -0.2) is 24.3 Å². The van der Waals surface area contributed by atoms with Gasteiger partial charge in [-0.2, -0.15) is 0 Å². The van der Waals surface area contributed by atoms with Crippen molar-refractivity contribution >= 4 is 24.2 Å². The summed E-state index contributed by atoms with van der Waals surface area (Å²) in [6.45, 7) is 5.72. The number of carbonyl (C=O) groups excluding carboxylic acids is 1. The summed E-state index contributed by atoms with van der Waals surface area (Å²) in [6.07, 6.45) is 3.37. The number of hydrogen-bond acceptors (Lipinski definition) is 5. The number of allylic oxidation sites excluding steroid dienone is 1. The Balaban J connectivity index is 2.68. The van der Waals surface area contributed by atoms with Gasteiger partial charge in [0.2, 0.25) is 0 Å². The topological polar surface area (TPSA) is 111 Å². The summed E-state index contributed by atoms with van der Waals surface area (Å²) < 4.78 is 10.7. The fourth-order valence-corrected chi connectivity index (χ4v) is 2.79. The molecule has 2 rings (SSSR count). The van der Waals surface area contributed by atoms with Gasteiger partial charge >= 0.3 is 12.1 Å². The smallest absolute Gasteiger partial charge is 0.426 e. The molecule has 0 aliphatic rings. The van der Waals surface area contributed by atoms with Crippen LogP contribution in [0.4, 0.5) is 4.79 Å². The third-order valence-electron chi connectivity index (χ3n) is 4.18. The number of methoxy groups -OCH3 is 1. The summed E-state index contributed by atoms with van der Waals surface area (Å²) in [5, 5.41) is 9.86. The van der Waals surface area contributed by atoms with Crippen LogP contribution in [0.2, 0.25) is 0 Å². The maximum absolute atomic E-state index is 12.1. The summed E-state index contributed by atoms with van der Waals surface area (Å²) in [4.78, 5) is 23.9. The van der Waals surface area contributed by atoms with Gasteiger partial charge in [-0.1, -0.05) is 48.1 Å². The van der Waals surface area contributed by atoms with E-state index >= 15 is 0 Å². The number of ether oxygens (including phenoxy) is 2. The Labute approximate surface area is 169 Å². The number of amides is 1. The monoisotopic (exact) mass is 396 g/mol. The standard InChI is InChI=1S/C22H24N2O5/c1-14(2)9-12-17-18(28-3)13-16(11-10-15-7-5-4-6-8-15)19(21(25)26)20(17)29-22(27)24-23/h4-8,10-11,13H,1,9,12,23H2,2-3H3,(H,24,27)(H,25,26)/b11-10+. The molecular weight excluding hydrogens is 372 g/mol. The van der Waals surface area contributed by atoms with Crippen molar-refractivity contribution in [2.75, 3.05) is 7.11 Å². The molecule has 2 aromatic rings. The van der Waals surface area contributed by atoms with E-state index in [2.05, 4.69) is 6.58 Å². The van der Waals surface area contributed by atoms with Crippen molar-refractivity contribution < 1.29 is 24.2 Å². The van der Waals surface area contributed by atoms with Crippen LogP contribution < -0.4 is 20.7 Å². The van der Waals surface area contributed by atoms with Gasteiger partial charge in [-0.25, -0.2) is 15.4 Å². The number of rotatable bonds is 8. The second-order valence-electron chi connectivity index (χ2n) is 6.39. The van der Waals surface area contributed by atoms with Crippen molar-refractivity contribution in [2.45, 2.75) is 19.8 Å². The molecule has 29 heavy (non-hydrogen) atoms. The average Bonchev–Trinajstić information content (AvgIpc) is 2.70. The van der Waals surface area contributed by atoms with Crippen LogP contribution in [0, 0.1) is 0 Å². The Morgan fingerprint density at radius 3 is 2.48 bits per heavy atom. The van der Waals surface area contributed by atoms with Crippen molar-refractivity contribution in [3.05, 3.63) is 70.8 Å². The van der Waals surface area contributed by atoms with Gasteiger partial charge < -0.3 is 14.6 Å². The van der Waals surface area contributed by atoms with Crippen molar-refractivity contribution in [2.24, 2.45) is 5.84 Å². The molecule has 2 aromatic carbocycles. The summed E-state index contributed by atoms with van der Waals surface area (Å²) in [5.74, 6) is 4.19. The quantitative estimate of drug-likeness (QED) is 0.204. The van der Waals surface area contributed by atoms with E-state index in [0.717, 1.165) is 11.1 Å². The van der Waals surface area contributed by atoms with Gasteiger partial charge in [0.05, 0.1) is 7.11 Å². The molecule has 152 valence electrons. The van der Waals surface area contributed by atoms with E-state index in [0.29, 0.717) is 29.7 Å². The molecule has 0 aliphatic carbocycles. The highest BCUT2D eigenvalue weighted by Gasteiger charge is 2.25. The van der Waals surface area contributed by atoms with Crippen molar-refractivity contribution in [3.63, 3.8) is 0 Å². The number of hydrogen-bond donors (Lipinski definition) is 3. The average molecular weight is 396 g/mol. The zero-order valence-corrected chi connectivity index (χ0v) is 16.4. The molecule has 0 heterocycles. The fourth-order valence-electron chi connectivity index (χ4n) is 2.79. The maximum atomic E-state index is 12.1. The largest absolute Gasteiger partial charge is 0.496 e. The molecule has 7 heteroatoms. The minimum Gasteiger partial charge on any atom is -0.496 e. The van der Waals surface area contributed by atoms with Crippen molar-refractivity contribution in [1.29, 1.82) is 0 Å². The van der Waals surface area contributed by atoms with Crippen LogP contribution in [0.25, 0.3) is 12.2 Å². The molecular formula is C22H24N2O5. The first kappa shape index (κ1) is 21.7. The molecule has 0 aromatic heterocycles. The van der Waals surface area contributed by atoms with Gasteiger partial charge in [-0.05, 0) is 37.0 Å². The first-order valence-electron chi connectivity index (χ1n) is 8.90. The number of carbonyl (C=O) groups is 2. The van der Waals surface area contributed by atoms with E-state index in [9.17, 15) is 14.7 Å². The molecule has 0 spiro atoms. The second-order valence-corrected chi connectivity index (χ2v) is 6.39. The molecule has 0 unspecified atom stereocenters. The zero-order valence-electron chi connectivity index (χ0n) is 16.4. The normalized spacial score (nSPS) is 10.6. The lowest BCUT2D eigenvalue weighted by Crippen LogP contribution is -2.33. The zero-order chi connectivity index (χ0) is 21.4. The minimum atomic E-state index is -1.24. The number of nitrogens with one attached hydrogen (secondary N) is 1. The van der Waals surface area contributed by atoms with E-state index in [4.69, 9.17) is 15.3 Å². The Morgan fingerprint density at radius 2 is 1.93 bits per heavy atom. The predicted molar refractivity (Wildman–Crippen MR) is 112 cm³/mol. The molecule has 4 N–H and O–H groups in total. The first-order valence-corrected chi connectivity index (χ1v) is 8.90. The fraction of sp³-hybridized carbons (Fsp3) is 0.182. The number of hydrazine groups is 1. The number of carboxylic acid groups (broad SMARTS) is 1. The number of nitrogens with two attached hydrogens (primary N) is 1. The van der Waals surface area contributed by atoms with Crippen LogP contribution in [0.3, 0.4) is 0 Å². The van der Waals surface area contributed by atoms with Crippen LogP contribution in [-0.2, 0) is 6.42 Å². The van der Waals surface area contributed by atoms with Crippen molar-refractivity contribution in [3.8, 4) is 11.5 Å². The number of benzene rings is 2. The minimum absolute atomic E-state index is 0.103. The molecule has 7 nitrogen and oxygen atoms in total. The highest BCUT2D eigenvalue weighted by atomic mass is 16.6. The number of carboxylic acids is 1. The summed E-state index contributed by atoms with van der Waals surface area (Å²) in [6, 6.07) is 11.0. The SMILES string of the molecule is C=C(C)CCc1c(OC)cc(/C=C/c2ccccc2)c(C(=O)O)c1OC(=O)NN. The third kappa shape index (κ3) is 5.70. The molecule has 0 bridgehead atoms. The van der Waals surface area contributed by atoms with E-state index in [1.807, 2.05) is 42.7 Å².